The molecule has 0 amide bonds. The molecule has 5 nitrogen and oxygen atoms in total. The molecule has 0 spiro atoms. The van der Waals surface area contributed by atoms with Gasteiger partial charge in [-0.15, -0.1) is 0 Å². The summed E-state index contributed by atoms with van der Waals surface area (Å²) in [6.45, 7) is 12.0. The number of rotatable bonds is 6. The van der Waals surface area contributed by atoms with E-state index < -0.39 is 5.83 Å². The molecule has 1 aliphatic rings. The number of hydrogen-bond donors (Lipinski definition) is 1. The third kappa shape index (κ3) is 4.44. The van der Waals surface area contributed by atoms with Gasteiger partial charge in [0.25, 0.3) is 0 Å². The maximum atomic E-state index is 14.0. The van der Waals surface area contributed by atoms with Crippen LogP contribution in [0.3, 0.4) is 0 Å². The van der Waals surface area contributed by atoms with Gasteiger partial charge in [0.2, 0.25) is 5.78 Å². The van der Waals surface area contributed by atoms with Gasteiger partial charge in [0, 0.05) is 51.5 Å². The molecule has 3 rings (SSSR count). The largest absolute Gasteiger partial charge is 0.354 e. The van der Waals surface area contributed by atoms with Crippen molar-refractivity contribution >= 4 is 17.4 Å². The number of pyridine rings is 2. The van der Waals surface area contributed by atoms with Crippen LogP contribution in [0.15, 0.2) is 37.0 Å². The summed E-state index contributed by atoms with van der Waals surface area (Å²) < 4.78 is 14.0. The van der Waals surface area contributed by atoms with E-state index in [0.717, 1.165) is 26.1 Å². The van der Waals surface area contributed by atoms with Crippen LogP contribution in [0.2, 0.25) is 0 Å². The highest BCUT2D eigenvalue weighted by Gasteiger charge is 2.24. The summed E-state index contributed by atoms with van der Waals surface area (Å²) in [5, 5.41) is 3.53. The Morgan fingerprint density at radius 1 is 1.39 bits per heavy atom. The van der Waals surface area contributed by atoms with Crippen LogP contribution in [0.5, 0.6) is 0 Å². The Bertz CT molecular complexity index is 891. The number of nitrogens with zero attached hydrogens (tertiary/aromatic N) is 3. The number of carbonyl (C=O) groups excluding carboxylic acids is 1. The number of carbonyl (C=O) groups is 1. The van der Waals surface area contributed by atoms with Crippen molar-refractivity contribution < 1.29 is 12.0 Å². The fourth-order valence-electron chi connectivity index (χ4n) is 3.63. The number of aromatic nitrogens is 2. The normalized spacial score (nSPS) is 17.0. The van der Waals surface area contributed by atoms with Crippen LogP contribution >= 0.6 is 0 Å². The van der Waals surface area contributed by atoms with Crippen molar-refractivity contribution in [2.75, 3.05) is 24.5 Å². The molecule has 2 aromatic rings. The Morgan fingerprint density at radius 3 is 2.86 bits per heavy atom. The van der Waals surface area contributed by atoms with E-state index >= 15 is 0 Å². The van der Waals surface area contributed by atoms with E-state index in [1.807, 2.05) is 0 Å². The molecule has 0 saturated carbocycles. The van der Waals surface area contributed by atoms with Crippen molar-refractivity contribution in [3.63, 3.8) is 0 Å². The molecule has 2 aromatic heterocycles. The molecule has 152 valence electrons. The van der Waals surface area contributed by atoms with Gasteiger partial charge in [-0.25, -0.2) is 9.37 Å². The smallest absolute Gasteiger partial charge is 0.213 e. The minimum atomic E-state index is -0.665. The Kier molecular flexibility index (Phi) is 6.19. The summed E-state index contributed by atoms with van der Waals surface area (Å²) in [6.07, 6.45) is 2.69. The third-order valence-corrected chi connectivity index (χ3v) is 4.97. The van der Waals surface area contributed by atoms with Crippen molar-refractivity contribution in [2.24, 2.45) is 5.92 Å². The van der Waals surface area contributed by atoms with Gasteiger partial charge in [0.1, 0.15) is 17.3 Å². The summed E-state index contributed by atoms with van der Waals surface area (Å²) >= 11 is 0. The van der Waals surface area contributed by atoms with Crippen molar-refractivity contribution in [1.29, 1.82) is 0 Å². The monoisotopic (exact) mass is 386 g/mol. The zero-order valence-corrected chi connectivity index (χ0v) is 16.7. The van der Waals surface area contributed by atoms with E-state index in [1.165, 1.54) is 0 Å². The Balaban J connectivity index is 0.00000225. The molecular formula is C22H31FN4O. The standard InChI is InChI=1S/C22H27FN4O.2H2/c1-14(2)12-17-13-27(11-10-25-17)20-8-7-18(15(3)23)21(26-20)22(28)19-6-5-9-24-16(19)4;;/h5-9,14,17,25H,3,10-13H2,1-2,4H3;2*1H/t17-;;/m0../s1. The summed E-state index contributed by atoms with van der Waals surface area (Å²) in [4.78, 5) is 24.0. The van der Waals surface area contributed by atoms with Crippen LogP contribution < -0.4 is 10.2 Å². The summed E-state index contributed by atoms with van der Waals surface area (Å²) in [6, 6.07) is 7.12. The fourth-order valence-corrected chi connectivity index (χ4v) is 3.63. The zero-order chi connectivity index (χ0) is 20.3. The van der Waals surface area contributed by atoms with Crippen molar-refractivity contribution in [3.8, 4) is 0 Å². The quantitative estimate of drug-likeness (QED) is 0.751. The molecule has 0 unspecified atom stereocenters. The van der Waals surface area contributed by atoms with Gasteiger partial charge in [-0.2, -0.15) is 0 Å². The van der Waals surface area contributed by atoms with Gasteiger partial charge in [-0.3, -0.25) is 9.78 Å². The highest BCUT2D eigenvalue weighted by atomic mass is 19.1. The minimum Gasteiger partial charge on any atom is -0.354 e. The van der Waals surface area contributed by atoms with Gasteiger partial charge >= 0.3 is 0 Å². The lowest BCUT2D eigenvalue weighted by atomic mass is 10.0. The number of aryl methyl sites for hydroxylation is 1. The second-order valence-electron chi connectivity index (χ2n) is 7.66. The zero-order valence-electron chi connectivity index (χ0n) is 16.7. The molecule has 1 aliphatic heterocycles. The molecule has 3 heterocycles. The van der Waals surface area contributed by atoms with E-state index in [9.17, 15) is 9.18 Å². The molecule has 28 heavy (non-hydrogen) atoms. The first kappa shape index (κ1) is 20.1. The average molecular weight is 387 g/mol. The Morgan fingerprint density at radius 2 is 2.18 bits per heavy atom. The fraction of sp³-hybridized carbons (Fsp3) is 0.409. The number of ketones is 1. The number of piperazine rings is 1. The van der Waals surface area contributed by atoms with Gasteiger partial charge in [-0.1, -0.05) is 20.4 Å². The van der Waals surface area contributed by atoms with Gasteiger partial charge in [-0.05, 0) is 43.5 Å². The maximum absolute atomic E-state index is 14.0. The Hall–Kier alpha value is -2.60. The number of hydrogen-bond acceptors (Lipinski definition) is 5. The second kappa shape index (κ2) is 8.61. The van der Waals surface area contributed by atoms with Crippen molar-refractivity contribution in [2.45, 2.75) is 33.2 Å². The Labute approximate surface area is 168 Å². The highest BCUT2D eigenvalue weighted by Crippen LogP contribution is 2.25. The highest BCUT2D eigenvalue weighted by molar-refractivity contribution is 6.10. The lowest BCUT2D eigenvalue weighted by Crippen LogP contribution is -2.51. The van der Waals surface area contributed by atoms with Crippen LogP contribution in [0.25, 0.3) is 5.83 Å². The van der Waals surface area contributed by atoms with E-state index in [2.05, 4.69) is 40.6 Å². The van der Waals surface area contributed by atoms with Crippen molar-refractivity contribution in [1.82, 2.24) is 15.3 Å². The molecule has 1 saturated heterocycles. The van der Waals surface area contributed by atoms with Crippen LogP contribution in [-0.2, 0) is 0 Å². The lowest BCUT2D eigenvalue weighted by Gasteiger charge is -2.35. The number of anilines is 1. The lowest BCUT2D eigenvalue weighted by molar-refractivity contribution is 0.103. The summed E-state index contributed by atoms with van der Waals surface area (Å²) in [5.41, 5.74) is 1.23. The van der Waals surface area contributed by atoms with E-state index in [-0.39, 0.29) is 19.9 Å². The van der Waals surface area contributed by atoms with E-state index in [1.54, 1.807) is 37.4 Å². The average Bonchev–Trinajstić information content (AvgIpc) is 2.67. The second-order valence-corrected chi connectivity index (χ2v) is 7.66. The molecule has 1 atom stereocenters. The molecule has 0 aliphatic carbocycles. The number of halogens is 1. The van der Waals surface area contributed by atoms with Crippen LogP contribution in [-0.4, -0.2) is 41.4 Å². The molecule has 1 N–H and O–H groups in total. The molecule has 0 bridgehead atoms. The van der Waals surface area contributed by atoms with Crippen LogP contribution in [0, 0.1) is 12.8 Å². The predicted molar refractivity (Wildman–Crippen MR) is 114 cm³/mol. The summed E-state index contributed by atoms with van der Waals surface area (Å²) in [7, 11) is 0. The van der Waals surface area contributed by atoms with Gasteiger partial charge in [0.15, 0.2) is 0 Å². The molecule has 1 fully saturated rings. The predicted octanol–water partition coefficient (Wildman–Crippen LogP) is 4.27. The molecule has 0 radical (unpaired) electrons. The first-order chi connectivity index (χ1) is 13.4. The summed E-state index contributed by atoms with van der Waals surface area (Å²) in [5.74, 6) is 0.274. The molecule has 6 heteroatoms. The topological polar surface area (TPSA) is 58.1 Å². The minimum absolute atomic E-state index is 0. The van der Waals surface area contributed by atoms with Crippen LogP contribution in [0.4, 0.5) is 10.2 Å². The third-order valence-electron chi connectivity index (χ3n) is 4.97. The molecule has 0 aromatic carbocycles. The number of nitrogens with one attached hydrogen (secondary N) is 1. The van der Waals surface area contributed by atoms with Crippen LogP contribution in [0.1, 0.15) is 50.4 Å². The first-order valence-electron chi connectivity index (χ1n) is 9.67. The maximum Gasteiger partial charge on any atom is 0.213 e. The van der Waals surface area contributed by atoms with Crippen molar-refractivity contribution in [3.05, 3.63) is 59.6 Å². The first-order valence-corrected chi connectivity index (χ1v) is 9.67. The molecular weight excluding hydrogens is 355 g/mol. The van der Waals surface area contributed by atoms with E-state index in [0.29, 0.717) is 29.0 Å². The van der Waals surface area contributed by atoms with E-state index in [4.69, 9.17) is 0 Å². The van der Waals surface area contributed by atoms with Gasteiger partial charge < -0.3 is 10.2 Å². The van der Waals surface area contributed by atoms with Gasteiger partial charge in [0.05, 0.1) is 0 Å². The SMILES string of the molecule is C=C(F)c1ccc(N2CCN[C@@H](CC(C)C)C2)nc1C(=O)c1cccnc1C.[HH].[HH].